The molecule has 0 bridgehead atoms. The molecule has 0 aliphatic heterocycles. The van der Waals surface area contributed by atoms with E-state index < -0.39 is 0 Å². The summed E-state index contributed by atoms with van der Waals surface area (Å²) >= 11 is 10.4. The third kappa shape index (κ3) is 7.98. The molecule has 0 saturated carbocycles. The van der Waals surface area contributed by atoms with Crippen molar-refractivity contribution in [3.05, 3.63) is 299 Å². The molecule has 398 valence electrons. The first-order chi connectivity index (χ1) is 41.5. The summed E-state index contributed by atoms with van der Waals surface area (Å²) in [4.78, 5) is 4.84. The Hall–Kier alpha value is -9.51. The van der Waals surface area contributed by atoms with Crippen molar-refractivity contribution in [2.75, 3.05) is 0 Å². The lowest BCUT2D eigenvalue weighted by Gasteiger charge is -2.11. The average molecular weight is 1270 g/mol. The monoisotopic (exact) mass is 1270 g/mol. The van der Waals surface area contributed by atoms with E-state index in [2.05, 4.69) is 325 Å². The quantitative estimate of drug-likeness (QED) is 0.162. The van der Waals surface area contributed by atoms with Gasteiger partial charge in [-0.15, -0.1) is 0 Å². The van der Waals surface area contributed by atoms with Crippen LogP contribution in [0.15, 0.2) is 299 Å². The molecule has 0 spiro atoms. The largest absolute Gasteiger partial charge is 0.309 e. The zero-order valence-corrected chi connectivity index (χ0v) is 49.7. The van der Waals surface area contributed by atoms with Crippen molar-refractivity contribution in [1.82, 2.24) is 27.7 Å². The Labute approximate surface area is 507 Å². The predicted octanol–water partition coefficient (Wildman–Crippen LogP) is 21.7. The zero-order valence-electron chi connectivity index (χ0n) is 45.0. The number of imidazole rings is 1. The van der Waals surface area contributed by atoms with E-state index in [1.54, 1.807) is 0 Å². The Balaban J connectivity index is 0.000000125. The molecule has 18 aromatic rings. The molecular formula is C75H47Br3N6. The molecule has 0 aliphatic carbocycles. The van der Waals surface area contributed by atoms with Gasteiger partial charge in [-0.25, -0.2) is 4.98 Å². The summed E-state index contributed by atoms with van der Waals surface area (Å²) in [5.74, 6) is 0. The molecule has 6 heterocycles. The van der Waals surface area contributed by atoms with Crippen LogP contribution in [0.25, 0.3) is 137 Å². The molecular weight excluding hydrogens is 1220 g/mol. The first-order valence-corrected chi connectivity index (χ1v) is 30.3. The third-order valence-corrected chi connectivity index (χ3v) is 18.9. The number of rotatable bonds is 4. The maximum atomic E-state index is 4.84. The van der Waals surface area contributed by atoms with Crippen molar-refractivity contribution in [1.29, 1.82) is 0 Å². The molecule has 84 heavy (non-hydrogen) atoms. The molecule has 0 aliphatic rings. The lowest BCUT2D eigenvalue weighted by molar-refractivity contribution is 1.17. The van der Waals surface area contributed by atoms with Crippen LogP contribution in [0, 0.1) is 0 Å². The smallest absolute Gasteiger partial charge is 0.145 e. The number of pyridine rings is 1. The molecule has 18 rings (SSSR count). The second-order valence-electron chi connectivity index (χ2n) is 21.1. The minimum absolute atomic E-state index is 0.978. The van der Waals surface area contributed by atoms with Gasteiger partial charge in [0.15, 0.2) is 0 Å². The van der Waals surface area contributed by atoms with Crippen molar-refractivity contribution in [3.63, 3.8) is 0 Å². The number of fused-ring (bicyclic) bond motifs is 20. The summed E-state index contributed by atoms with van der Waals surface area (Å²) in [6, 6.07) is 97.4. The van der Waals surface area contributed by atoms with Crippen LogP contribution in [0.4, 0.5) is 0 Å². The van der Waals surface area contributed by atoms with Gasteiger partial charge >= 0.3 is 0 Å². The predicted molar refractivity (Wildman–Crippen MR) is 364 cm³/mol. The van der Waals surface area contributed by atoms with Crippen LogP contribution in [0.5, 0.6) is 0 Å². The minimum Gasteiger partial charge on any atom is -0.309 e. The number of hydrogen-bond acceptors (Lipinski definition) is 1. The van der Waals surface area contributed by atoms with E-state index in [1.807, 2.05) is 30.5 Å². The fraction of sp³-hybridized carbons (Fsp3) is 0. The zero-order chi connectivity index (χ0) is 56.0. The van der Waals surface area contributed by atoms with E-state index >= 15 is 0 Å². The van der Waals surface area contributed by atoms with Gasteiger partial charge in [0.05, 0.1) is 49.7 Å². The van der Waals surface area contributed by atoms with Gasteiger partial charge in [0.2, 0.25) is 0 Å². The Bertz CT molecular complexity index is 5560. The molecule has 9 heteroatoms. The highest BCUT2D eigenvalue weighted by molar-refractivity contribution is 9.13. The van der Waals surface area contributed by atoms with Crippen LogP contribution >= 0.6 is 47.8 Å². The Morgan fingerprint density at radius 3 is 1.08 bits per heavy atom. The molecule has 6 nitrogen and oxygen atoms in total. The van der Waals surface area contributed by atoms with Gasteiger partial charge in [-0.05, 0) is 165 Å². The summed E-state index contributed by atoms with van der Waals surface area (Å²) < 4.78 is 15.1. The molecule has 0 saturated heterocycles. The molecule has 6 aromatic heterocycles. The van der Waals surface area contributed by atoms with Crippen molar-refractivity contribution in [2.45, 2.75) is 0 Å². The van der Waals surface area contributed by atoms with Crippen LogP contribution in [0.3, 0.4) is 0 Å². The molecule has 0 N–H and O–H groups in total. The van der Waals surface area contributed by atoms with E-state index in [0.717, 1.165) is 35.8 Å². The van der Waals surface area contributed by atoms with Gasteiger partial charge in [-0.1, -0.05) is 162 Å². The first kappa shape index (κ1) is 50.2. The fourth-order valence-electron chi connectivity index (χ4n) is 13.0. The maximum Gasteiger partial charge on any atom is 0.145 e. The van der Waals surface area contributed by atoms with Gasteiger partial charge in [0.25, 0.3) is 0 Å². The molecule has 0 fully saturated rings. The van der Waals surface area contributed by atoms with Crippen LogP contribution < -0.4 is 0 Å². The molecule has 0 radical (unpaired) electrons. The van der Waals surface area contributed by atoms with Crippen molar-refractivity contribution >= 4 is 162 Å². The van der Waals surface area contributed by atoms with Crippen LogP contribution in [-0.2, 0) is 0 Å². The molecule has 0 unspecified atom stereocenters. The average Bonchev–Trinajstić information content (AvgIpc) is 1.84. The van der Waals surface area contributed by atoms with Crippen molar-refractivity contribution < 1.29 is 0 Å². The van der Waals surface area contributed by atoms with E-state index in [-0.39, 0.29) is 0 Å². The highest BCUT2D eigenvalue weighted by Gasteiger charge is 2.24. The molecule has 12 aromatic carbocycles. The summed E-state index contributed by atoms with van der Waals surface area (Å²) in [7, 11) is 0. The number of benzene rings is 12. The second kappa shape index (κ2) is 20.4. The highest BCUT2D eigenvalue weighted by atomic mass is 79.9. The number of halogens is 3. The number of aromatic nitrogens is 6. The van der Waals surface area contributed by atoms with Gasteiger partial charge < -0.3 is 18.3 Å². The van der Waals surface area contributed by atoms with Crippen LogP contribution in [0.1, 0.15) is 0 Å². The third-order valence-electron chi connectivity index (χ3n) is 16.4. The summed E-state index contributed by atoms with van der Waals surface area (Å²) in [6.45, 7) is 0. The summed E-state index contributed by atoms with van der Waals surface area (Å²) in [5.41, 5.74) is 16.5. The van der Waals surface area contributed by atoms with Gasteiger partial charge in [0, 0.05) is 102 Å². The Morgan fingerprint density at radius 1 is 0.250 bits per heavy atom. The Kier molecular flexibility index (Phi) is 12.2. The summed E-state index contributed by atoms with van der Waals surface area (Å²) in [6.07, 6.45) is 3.97. The van der Waals surface area contributed by atoms with E-state index in [1.165, 1.54) is 115 Å². The first-order valence-electron chi connectivity index (χ1n) is 27.9. The van der Waals surface area contributed by atoms with Crippen molar-refractivity contribution in [3.8, 4) is 22.7 Å². The normalized spacial score (nSPS) is 11.8. The Morgan fingerprint density at radius 2 is 0.619 bits per heavy atom. The topological polar surface area (TPSA) is 37.0 Å². The number of para-hydroxylation sites is 7. The number of nitrogens with zero attached hydrogens (tertiary/aromatic N) is 6. The van der Waals surface area contributed by atoms with E-state index in [0.29, 0.717) is 0 Å². The molecule has 0 atom stereocenters. The van der Waals surface area contributed by atoms with Crippen LogP contribution in [-0.4, -0.2) is 27.7 Å². The minimum atomic E-state index is 0.978. The van der Waals surface area contributed by atoms with Crippen molar-refractivity contribution in [2.24, 2.45) is 0 Å². The maximum absolute atomic E-state index is 4.84. The van der Waals surface area contributed by atoms with Gasteiger partial charge in [-0.3, -0.25) is 4.40 Å². The van der Waals surface area contributed by atoms with E-state index in [9.17, 15) is 0 Å². The summed E-state index contributed by atoms with van der Waals surface area (Å²) in [5, 5.41) is 13.8. The second-order valence-corrected chi connectivity index (χ2v) is 23.7. The van der Waals surface area contributed by atoms with Gasteiger partial charge in [-0.2, -0.15) is 0 Å². The fourth-order valence-corrected chi connectivity index (χ4v) is 13.9. The van der Waals surface area contributed by atoms with E-state index in [4.69, 9.17) is 4.98 Å². The molecule has 0 amide bonds. The number of hydrogen-bond donors (Lipinski definition) is 0. The highest BCUT2D eigenvalue weighted by Crippen LogP contribution is 2.46. The lowest BCUT2D eigenvalue weighted by atomic mass is 10.0. The van der Waals surface area contributed by atoms with Gasteiger partial charge in [0.1, 0.15) is 5.65 Å². The standard InChI is InChI=1S/C39H24N4.C30H19BrN2.C6H4Br2/c1-3-11-25(12-4-1)42-33-18-10-8-16-28(33)37-34(42)19-20-35-38(37)31-23-29-27-15-7-9-17-32(27)41-22-21-40-39(41)30(29)24-36(31)43(35)26-13-5-2-6-14-26;31-20-15-16-24-28(19-20)33(22-11-5-2-6-12-22)27-18-17-26-29(30(24)27)23-13-7-8-14-25(23)32(26)21-9-3-1-4-10-21;7-5-3-1-2-4-6(5)8/h1-24H;1-19H;1-4H. The van der Waals surface area contributed by atoms with Crippen LogP contribution in [0.2, 0.25) is 0 Å². The lowest BCUT2D eigenvalue weighted by Crippen LogP contribution is -1.95. The SMILES string of the molecule is Brc1ccc2c3c4c5ccccc5n(-c5ccccc5)c4ccc3n(-c3ccccc3)c2c1.Brc1ccccc1Br.c1ccc(-n2c3ccccc3c3c4c5cc6c7ccccc7n7ccnc7c6cc5n(-c5ccccc5)c4ccc32)cc1.